The monoisotopic (exact) mass is 949 g/mol. The zero-order chi connectivity index (χ0) is 50.9. The Morgan fingerprint density at radius 3 is 1.41 bits per heavy atom. The van der Waals surface area contributed by atoms with Gasteiger partial charge in [0.1, 0.15) is 27.5 Å². The Morgan fingerprint density at radius 1 is 0.603 bits per heavy atom. The maximum Gasteiger partial charge on any atom is 0.220 e. The van der Waals surface area contributed by atoms with Gasteiger partial charge in [-0.2, -0.15) is 0 Å². The van der Waals surface area contributed by atoms with Crippen LogP contribution >= 0.6 is 0 Å². The smallest absolute Gasteiger partial charge is 0.220 e. The van der Waals surface area contributed by atoms with Gasteiger partial charge in [0, 0.05) is 37.0 Å². The first-order valence-corrected chi connectivity index (χ1v) is 25.5. The lowest BCUT2D eigenvalue weighted by Gasteiger charge is -2.27. The van der Waals surface area contributed by atoms with Crippen LogP contribution < -0.4 is 10.6 Å². The fourth-order valence-corrected chi connectivity index (χ4v) is 6.15. The highest BCUT2D eigenvalue weighted by atomic mass is 32.2. The Bertz CT molecular complexity index is 1960. The number of fused-ring (bicyclic) bond motifs is 1. The zero-order valence-corrected chi connectivity index (χ0v) is 42.8. The van der Waals surface area contributed by atoms with Crippen molar-refractivity contribution < 1.29 is 58.1 Å². The topological polar surface area (TPSA) is 264 Å². The second-order valence-corrected chi connectivity index (χ2v) is 17.7. The molecule has 18 heteroatoms. The van der Waals surface area contributed by atoms with Crippen LogP contribution in [0.3, 0.4) is 0 Å². The number of Topliss-reactive ketones (excluding diaryl/α,β-unsaturated/α-hetero) is 3. The van der Waals surface area contributed by atoms with Crippen LogP contribution in [0.1, 0.15) is 126 Å². The minimum absolute atomic E-state index is 0.0442. The largest absolute Gasteiger partial charge is 0.748 e. The molecule has 2 N–H and O–H groups in total. The minimum Gasteiger partial charge on any atom is -0.748 e. The van der Waals surface area contributed by atoms with E-state index >= 15 is 0 Å². The van der Waals surface area contributed by atoms with Gasteiger partial charge in [-0.25, -0.2) is 25.3 Å². The third-order valence-corrected chi connectivity index (χ3v) is 9.05. The van der Waals surface area contributed by atoms with Gasteiger partial charge in [-0.3, -0.25) is 14.4 Å². The van der Waals surface area contributed by atoms with Gasteiger partial charge in [-0.15, -0.1) is 0 Å². The van der Waals surface area contributed by atoms with Crippen LogP contribution in [0.5, 0.6) is 0 Å². The number of hydrogen-bond acceptors (Lipinski definition) is 14. The molecule has 0 aromatic heterocycles. The summed E-state index contributed by atoms with van der Waals surface area (Å²) in [4.78, 5) is 42.5. The summed E-state index contributed by atoms with van der Waals surface area (Å²) in [6, 6.07) is 25.1. The summed E-state index contributed by atoms with van der Waals surface area (Å²) < 4.78 is 90.9. The number of hydrogen-bond donors (Lipinski definition) is 2. The van der Waals surface area contributed by atoms with E-state index in [-0.39, 0.29) is 43.2 Å². The van der Waals surface area contributed by atoms with Crippen LogP contribution in [0.4, 0.5) is 0 Å². The van der Waals surface area contributed by atoms with E-state index in [0.717, 1.165) is 6.92 Å². The predicted octanol–water partition coefficient (Wildman–Crippen LogP) is 7.65. The number of nitrogens with one attached hydrogen (secondary N) is 2. The summed E-state index contributed by atoms with van der Waals surface area (Å²) in [5.74, 6) is -3.11. The SMILES string of the molecule is CC.CC.CC.CC(=O)CCC(=O)CCCS(=O)(=O)[O-].CC(=O)CS(=O)(=O)[O-].CCCC(=O)NC(C)(C)CS(=O)(=O)[O-].CNC.Cc1cccc2ccccc12.Cc1ccccc1. The molecule has 3 aromatic rings. The quantitative estimate of drug-likeness (QED) is 0.147. The van der Waals surface area contributed by atoms with Crippen molar-refractivity contribution in [1.82, 2.24) is 10.6 Å². The van der Waals surface area contributed by atoms with E-state index in [1.807, 2.05) is 80.8 Å². The van der Waals surface area contributed by atoms with E-state index in [2.05, 4.69) is 79.1 Å². The van der Waals surface area contributed by atoms with E-state index in [9.17, 15) is 58.1 Å². The van der Waals surface area contributed by atoms with Crippen molar-refractivity contribution in [2.45, 2.75) is 134 Å². The van der Waals surface area contributed by atoms with E-state index in [1.54, 1.807) is 0 Å². The molecule has 1 amide bonds. The number of carbonyl (C=O) groups is 4. The lowest BCUT2D eigenvalue weighted by atomic mass is 10.1. The highest BCUT2D eigenvalue weighted by molar-refractivity contribution is 7.86. The summed E-state index contributed by atoms with van der Waals surface area (Å²) in [5.41, 5.74) is 1.68. The molecule has 366 valence electrons. The molecule has 0 fully saturated rings. The molecule has 0 saturated carbocycles. The molecular weight excluding hydrogens is 873 g/mol. The van der Waals surface area contributed by atoms with Gasteiger partial charge in [0.2, 0.25) is 5.91 Å². The third kappa shape index (κ3) is 58.1. The second kappa shape index (κ2) is 42.1. The fraction of sp³-hybridized carbons (Fsp3) is 0.556. The Balaban J connectivity index is -0.000000156. The second-order valence-electron chi connectivity index (χ2n) is 13.3. The summed E-state index contributed by atoms with van der Waals surface area (Å²) in [7, 11) is -9.10. The van der Waals surface area contributed by atoms with E-state index in [0.29, 0.717) is 12.8 Å². The van der Waals surface area contributed by atoms with Crippen LogP contribution in [-0.4, -0.2) is 99.1 Å². The Kier molecular flexibility index (Phi) is 47.2. The third-order valence-electron chi connectivity index (χ3n) is 6.43. The summed E-state index contributed by atoms with van der Waals surface area (Å²) >= 11 is 0. The lowest BCUT2D eigenvalue weighted by molar-refractivity contribution is -0.123. The van der Waals surface area contributed by atoms with Gasteiger partial charge in [0.05, 0.1) is 31.7 Å². The first kappa shape index (κ1) is 70.7. The number of rotatable bonds is 14. The first-order chi connectivity index (χ1) is 29.1. The van der Waals surface area contributed by atoms with E-state index < -0.39 is 58.9 Å². The average Bonchev–Trinajstić information content (AvgIpc) is 3.16. The molecule has 0 heterocycles. The van der Waals surface area contributed by atoms with Crippen LogP contribution in [-0.2, 0) is 49.5 Å². The van der Waals surface area contributed by atoms with Gasteiger partial charge in [0.15, 0.2) is 0 Å². The Morgan fingerprint density at radius 2 is 1.06 bits per heavy atom. The van der Waals surface area contributed by atoms with Gasteiger partial charge in [0.25, 0.3) is 0 Å². The molecule has 0 aliphatic heterocycles. The van der Waals surface area contributed by atoms with Crippen molar-refractivity contribution in [3.63, 3.8) is 0 Å². The Labute approximate surface area is 380 Å². The van der Waals surface area contributed by atoms with Crippen molar-refractivity contribution in [3.8, 4) is 0 Å². The summed E-state index contributed by atoms with van der Waals surface area (Å²) in [5, 5.41) is 7.93. The number of benzene rings is 3. The summed E-state index contributed by atoms with van der Waals surface area (Å²) in [6.45, 7) is 23.5. The molecule has 0 radical (unpaired) electrons. The van der Waals surface area contributed by atoms with Gasteiger partial charge in [-0.1, -0.05) is 127 Å². The highest BCUT2D eigenvalue weighted by Gasteiger charge is 2.22. The van der Waals surface area contributed by atoms with E-state index in [1.165, 1.54) is 42.7 Å². The maximum atomic E-state index is 11.1. The molecule has 15 nitrogen and oxygen atoms in total. The molecule has 3 aromatic carbocycles. The van der Waals surface area contributed by atoms with Crippen molar-refractivity contribution in [1.29, 1.82) is 0 Å². The minimum atomic E-state index is -4.32. The Hall–Kier alpha value is -3.91. The van der Waals surface area contributed by atoms with Crippen LogP contribution in [0, 0.1) is 13.8 Å². The van der Waals surface area contributed by atoms with Crippen molar-refractivity contribution in [2.75, 3.05) is 31.4 Å². The fourth-order valence-electron chi connectivity index (χ4n) is 4.20. The van der Waals surface area contributed by atoms with Crippen LogP contribution in [0.2, 0.25) is 0 Å². The zero-order valence-electron chi connectivity index (χ0n) is 40.3. The molecule has 3 rings (SSSR count). The number of amides is 1. The molecule has 0 unspecified atom stereocenters. The molecule has 0 bridgehead atoms. The highest BCUT2D eigenvalue weighted by Crippen LogP contribution is 2.16. The normalized spacial score (nSPS) is 10.1. The predicted molar refractivity (Wildman–Crippen MR) is 255 cm³/mol. The van der Waals surface area contributed by atoms with Gasteiger partial charge in [-0.05, 0) is 84.8 Å². The molecule has 0 spiro atoms. The van der Waals surface area contributed by atoms with Crippen molar-refractivity contribution >= 4 is 64.4 Å². The van der Waals surface area contributed by atoms with Crippen molar-refractivity contribution in [3.05, 3.63) is 83.9 Å². The molecule has 0 aliphatic carbocycles. The number of carbonyl (C=O) groups excluding carboxylic acids is 4. The van der Waals surface area contributed by atoms with Crippen LogP contribution in [0.15, 0.2) is 72.8 Å². The summed E-state index contributed by atoms with van der Waals surface area (Å²) in [6.07, 6.45) is 1.43. The number of ketones is 3. The lowest BCUT2D eigenvalue weighted by Crippen LogP contribution is -2.48. The van der Waals surface area contributed by atoms with Gasteiger partial charge >= 0.3 is 0 Å². The van der Waals surface area contributed by atoms with Gasteiger partial charge < -0.3 is 29.1 Å². The molecule has 0 saturated heterocycles. The molecule has 63 heavy (non-hydrogen) atoms. The maximum absolute atomic E-state index is 11.1. The standard InChI is InChI=1S/C11H10.C8H17NO4S.C8H14O5S.C7H8.C3H6O4S.C2H7N.3C2H6/c1-9-5-4-7-10-6-2-3-8-11(9)10;1-4-5-7(10)9-8(2,3)6-14(11,12)13;1-7(9)4-5-8(10)3-2-6-14(11,12)13;1-7-5-3-2-4-6-7;1-3(4)2-8(5,6)7;1-3-2;3*1-2/h2-8H,1H3;4-6H2,1-3H3,(H,9,10)(H,11,12,13);2-6H2,1H3,(H,11,12,13);2-6H,1H3;2H2,1H3,(H,5,6,7);3H,1-2H3;3*1-2H3/p-3. The van der Waals surface area contributed by atoms with Crippen LogP contribution in [0.25, 0.3) is 10.8 Å². The average molecular weight is 950 g/mol. The molecule has 0 aliphatic rings. The first-order valence-electron chi connectivity index (χ1n) is 20.7. The molecule has 0 atom stereocenters. The molecular formula is C45H77N2O13S3-3. The van der Waals surface area contributed by atoms with Crippen molar-refractivity contribution in [2.24, 2.45) is 0 Å². The van der Waals surface area contributed by atoms with E-state index in [4.69, 9.17) is 0 Å². The number of aryl methyl sites for hydroxylation is 2.